The third kappa shape index (κ3) is 6.53. The van der Waals surface area contributed by atoms with Crippen LogP contribution in [-0.4, -0.2) is 43.1 Å². The monoisotopic (exact) mass is 294 g/mol. The zero-order valence-electron chi connectivity index (χ0n) is 11.7. The Morgan fingerprint density at radius 1 is 1.29 bits per heavy atom. The highest BCUT2D eigenvalue weighted by Crippen LogP contribution is 1.97. The maximum absolute atomic E-state index is 11.6. The molecule has 0 heterocycles. The standard InChI is InChI=1S/C14H18N2O5/c1-20-14(18)12(16-19)10-21-8-7-13(17)15-9-11-5-3-2-4-6-11/h2-6,19H,7-10H2,1H3,(H,15,17)/b16-12+. The zero-order chi connectivity index (χ0) is 15.5. The van der Waals surface area contributed by atoms with E-state index in [1.807, 2.05) is 30.3 Å². The van der Waals surface area contributed by atoms with Crippen molar-refractivity contribution in [2.45, 2.75) is 13.0 Å². The molecule has 0 saturated heterocycles. The van der Waals surface area contributed by atoms with Crippen molar-refractivity contribution in [3.63, 3.8) is 0 Å². The highest BCUT2D eigenvalue weighted by atomic mass is 16.5. The molecule has 0 spiro atoms. The van der Waals surface area contributed by atoms with Crippen LogP contribution in [0.2, 0.25) is 0 Å². The Labute approximate surface area is 122 Å². The highest BCUT2D eigenvalue weighted by Gasteiger charge is 2.12. The number of nitrogens with zero attached hydrogens (tertiary/aromatic N) is 1. The van der Waals surface area contributed by atoms with Crippen LogP contribution >= 0.6 is 0 Å². The molecule has 114 valence electrons. The number of hydrogen-bond acceptors (Lipinski definition) is 6. The molecule has 0 aliphatic carbocycles. The molecule has 0 bridgehead atoms. The van der Waals surface area contributed by atoms with Gasteiger partial charge in [-0.3, -0.25) is 4.79 Å². The van der Waals surface area contributed by atoms with Gasteiger partial charge in [-0.1, -0.05) is 35.5 Å². The van der Waals surface area contributed by atoms with Crippen LogP contribution in [0.1, 0.15) is 12.0 Å². The van der Waals surface area contributed by atoms with Crippen molar-refractivity contribution >= 4 is 17.6 Å². The SMILES string of the molecule is COC(=O)/C(COCCC(=O)NCc1ccccc1)=N/O. The van der Waals surface area contributed by atoms with Crippen LogP contribution in [0.15, 0.2) is 35.5 Å². The maximum atomic E-state index is 11.6. The quantitative estimate of drug-likeness (QED) is 0.242. The van der Waals surface area contributed by atoms with Gasteiger partial charge in [0.15, 0.2) is 5.71 Å². The number of rotatable bonds is 8. The summed E-state index contributed by atoms with van der Waals surface area (Å²) in [5.74, 6) is -0.939. The molecule has 0 aliphatic rings. The summed E-state index contributed by atoms with van der Waals surface area (Å²) in [6, 6.07) is 9.52. The molecule has 1 amide bonds. The molecule has 0 unspecified atom stereocenters. The third-order valence-corrected chi connectivity index (χ3v) is 2.59. The molecule has 1 aromatic carbocycles. The van der Waals surface area contributed by atoms with E-state index >= 15 is 0 Å². The number of hydrogen-bond donors (Lipinski definition) is 2. The summed E-state index contributed by atoms with van der Waals surface area (Å²) in [5.41, 5.74) is 0.759. The number of carbonyl (C=O) groups excluding carboxylic acids is 2. The smallest absolute Gasteiger partial charge is 0.358 e. The van der Waals surface area contributed by atoms with Crippen LogP contribution in [0.3, 0.4) is 0 Å². The molecule has 0 fully saturated rings. The van der Waals surface area contributed by atoms with Crippen LogP contribution in [0.4, 0.5) is 0 Å². The fourth-order valence-electron chi connectivity index (χ4n) is 1.47. The Bertz CT molecular complexity index is 487. The Hall–Kier alpha value is -2.41. The molecule has 0 aromatic heterocycles. The van der Waals surface area contributed by atoms with Gasteiger partial charge in [0, 0.05) is 13.0 Å². The van der Waals surface area contributed by atoms with E-state index in [1.54, 1.807) is 0 Å². The summed E-state index contributed by atoms with van der Waals surface area (Å²) < 4.78 is 9.46. The van der Waals surface area contributed by atoms with Gasteiger partial charge >= 0.3 is 5.97 Å². The number of nitrogens with one attached hydrogen (secondary N) is 1. The van der Waals surface area contributed by atoms with E-state index in [0.29, 0.717) is 6.54 Å². The molecule has 2 N–H and O–H groups in total. The average molecular weight is 294 g/mol. The second-order valence-electron chi connectivity index (χ2n) is 4.10. The fraction of sp³-hybridized carbons (Fsp3) is 0.357. The lowest BCUT2D eigenvalue weighted by molar-refractivity contribution is -0.133. The van der Waals surface area contributed by atoms with Crippen molar-refractivity contribution in [3.05, 3.63) is 35.9 Å². The van der Waals surface area contributed by atoms with Crippen LogP contribution in [-0.2, 0) is 25.6 Å². The molecule has 0 radical (unpaired) electrons. The number of methoxy groups -OCH3 is 1. The predicted octanol–water partition coefficient (Wildman–Crippen LogP) is 0.713. The van der Waals surface area contributed by atoms with Gasteiger partial charge in [-0.15, -0.1) is 0 Å². The Kier molecular flexibility index (Phi) is 7.52. The van der Waals surface area contributed by atoms with Crippen LogP contribution in [0.25, 0.3) is 0 Å². The number of benzene rings is 1. The molecular weight excluding hydrogens is 276 g/mol. The Morgan fingerprint density at radius 2 is 2.00 bits per heavy atom. The summed E-state index contributed by atoms with van der Waals surface area (Å²) in [5, 5.41) is 14.1. The van der Waals surface area contributed by atoms with Crippen molar-refractivity contribution in [1.29, 1.82) is 0 Å². The number of carbonyl (C=O) groups is 2. The van der Waals surface area contributed by atoms with E-state index in [0.717, 1.165) is 5.56 Å². The third-order valence-electron chi connectivity index (χ3n) is 2.59. The van der Waals surface area contributed by atoms with Gasteiger partial charge in [-0.2, -0.15) is 0 Å². The first-order chi connectivity index (χ1) is 10.2. The van der Waals surface area contributed by atoms with E-state index in [9.17, 15) is 9.59 Å². The first-order valence-corrected chi connectivity index (χ1v) is 6.35. The van der Waals surface area contributed by atoms with Gasteiger partial charge in [0.25, 0.3) is 0 Å². The lowest BCUT2D eigenvalue weighted by Gasteiger charge is -2.06. The van der Waals surface area contributed by atoms with Gasteiger partial charge in [-0.25, -0.2) is 4.79 Å². The fourth-order valence-corrected chi connectivity index (χ4v) is 1.47. The van der Waals surface area contributed by atoms with Crippen LogP contribution in [0, 0.1) is 0 Å². The minimum absolute atomic E-state index is 0.108. The molecule has 0 aliphatic heterocycles. The molecule has 0 atom stereocenters. The molecule has 1 aromatic rings. The van der Waals surface area contributed by atoms with E-state index in [1.165, 1.54) is 7.11 Å². The van der Waals surface area contributed by atoms with Crippen molar-refractivity contribution in [2.24, 2.45) is 5.16 Å². The van der Waals surface area contributed by atoms with E-state index < -0.39 is 5.97 Å². The van der Waals surface area contributed by atoms with Crippen molar-refractivity contribution in [1.82, 2.24) is 5.32 Å². The zero-order valence-corrected chi connectivity index (χ0v) is 11.7. The summed E-state index contributed by atoms with van der Waals surface area (Å²) in [7, 11) is 1.17. The van der Waals surface area contributed by atoms with Crippen LogP contribution in [0.5, 0.6) is 0 Å². The summed E-state index contributed by atoms with van der Waals surface area (Å²) >= 11 is 0. The average Bonchev–Trinajstić information content (AvgIpc) is 2.53. The Morgan fingerprint density at radius 3 is 2.62 bits per heavy atom. The normalized spacial score (nSPS) is 11.0. The summed E-state index contributed by atoms with van der Waals surface area (Å²) in [6.45, 7) is 0.344. The molecule has 0 saturated carbocycles. The number of oxime groups is 1. The van der Waals surface area contributed by atoms with Crippen molar-refractivity contribution in [3.8, 4) is 0 Å². The first-order valence-electron chi connectivity index (χ1n) is 6.35. The minimum atomic E-state index is -0.772. The van der Waals surface area contributed by atoms with Crippen LogP contribution < -0.4 is 5.32 Å². The minimum Gasteiger partial charge on any atom is -0.464 e. The molecule has 21 heavy (non-hydrogen) atoms. The molecule has 1 rings (SSSR count). The second kappa shape index (κ2) is 9.49. The topological polar surface area (TPSA) is 97.2 Å². The molecule has 7 nitrogen and oxygen atoms in total. The summed E-state index contributed by atoms with van der Waals surface area (Å²) in [4.78, 5) is 22.6. The highest BCUT2D eigenvalue weighted by molar-refractivity contribution is 6.36. The maximum Gasteiger partial charge on any atom is 0.358 e. The largest absolute Gasteiger partial charge is 0.464 e. The predicted molar refractivity (Wildman–Crippen MR) is 75.0 cm³/mol. The van der Waals surface area contributed by atoms with Gasteiger partial charge in [-0.05, 0) is 5.56 Å². The second-order valence-corrected chi connectivity index (χ2v) is 4.10. The Balaban J connectivity index is 2.18. The number of esters is 1. The van der Waals surface area contributed by atoms with Crippen molar-refractivity contribution in [2.75, 3.05) is 20.3 Å². The van der Waals surface area contributed by atoms with E-state index in [2.05, 4.69) is 15.2 Å². The number of ether oxygens (including phenoxy) is 2. The molecule has 7 heteroatoms. The molecular formula is C14H18N2O5. The van der Waals surface area contributed by atoms with E-state index in [4.69, 9.17) is 9.94 Å². The van der Waals surface area contributed by atoms with Gasteiger partial charge in [0.05, 0.1) is 20.3 Å². The lowest BCUT2D eigenvalue weighted by Crippen LogP contribution is -2.26. The van der Waals surface area contributed by atoms with E-state index in [-0.39, 0.29) is 31.3 Å². The summed E-state index contributed by atoms with van der Waals surface area (Å²) in [6.07, 6.45) is 0.146. The van der Waals surface area contributed by atoms with Crippen molar-refractivity contribution < 1.29 is 24.3 Å². The lowest BCUT2D eigenvalue weighted by atomic mass is 10.2. The number of amides is 1. The van der Waals surface area contributed by atoms with Gasteiger partial charge in [0.2, 0.25) is 5.91 Å². The van der Waals surface area contributed by atoms with Gasteiger partial charge < -0.3 is 20.0 Å². The first kappa shape index (κ1) is 16.6. The van der Waals surface area contributed by atoms with Gasteiger partial charge in [0.1, 0.15) is 0 Å².